The van der Waals surface area contributed by atoms with Crippen LogP contribution in [0.5, 0.6) is 0 Å². The molecule has 3 nitrogen and oxygen atoms in total. The summed E-state index contributed by atoms with van der Waals surface area (Å²) < 4.78 is 40.4. The molecule has 0 aliphatic heterocycles. The lowest BCUT2D eigenvalue weighted by molar-refractivity contribution is 0.570. The van der Waals surface area contributed by atoms with Crippen LogP contribution in [0.25, 0.3) is 0 Å². The molecule has 0 radical (unpaired) electrons. The second-order valence-corrected chi connectivity index (χ2v) is 6.58. The predicted molar refractivity (Wildman–Crippen MR) is 78.1 cm³/mol. The van der Waals surface area contributed by atoms with Crippen molar-refractivity contribution >= 4 is 27.3 Å². The predicted octanol–water partition coefficient (Wildman–Crippen LogP) is 3.90. The number of nitrogens with one attached hydrogen (secondary N) is 1. The minimum Gasteiger partial charge on any atom is -0.278 e. The molecule has 6 heteroatoms. The van der Waals surface area contributed by atoms with Crippen molar-refractivity contribution in [2.75, 3.05) is 4.72 Å². The Morgan fingerprint density at radius 2 is 1.65 bits per heavy atom. The molecule has 2 aromatic rings. The van der Waals surface area contributed by atoms with E-state index in [1.807, 2.05) is 6.92 Å². The third kappa shape index (κ3) is 3.11. The normalized spacial score (nSPS) is 11.4. The van der Waals surface area contributed by atoms with E-state index in [2.05, 4.69) is 4.72 Å². The Labute approximate surface area is 122 Å². The standard InChI is InChI=1S/C14H13ClFNO2S/c1-9-4-6-13(11(15)7-9)17-20(18,19)14-8-10(2)3-5-12(14)16/h3-8,17H,1-2H3. The highest BCUT2D eigenvalue weighted by atomic mass is 35.5. The van der Waals surface area contributed by atoms with Gasteiger partial charge in [-0.05, 0) is 49.2 Å². The van der Waals surface area contributed by atoms with Crippen LogP contribution in [0, 0.1) is 19.7 Å². The SMILES string of the molecule is Cc1ccc(NS(=O)(=O)c2cc(C)ccc2F)c(Cl)c1. The molecule has 1 N–H and O–H groups in total. The number of sulfonamides is 1. The van der Waals surface area contributed by atoms with Gasteiger partial charge < -0.3 is 0 Å². The zero-order valence-corrected chi connectivity index (χ0v) is 12.5. The molecule has 2 rings (SSSR count). The summed E-state index contributed by atoms with van der Waals surface area (Å²) in [5.41, 5.74) is 1.78. The summed E-state index contributed by atoms with van der Waals surface area (Å²) in [5.74, 6) is -0.800. The van der Waals surface area contributed by atoms with Crippen LogP contribution in [0.15, 0.2) is 41.3 Å². The number of rotatable bonds is 3. The number of hydrogen-bond acceptors (Lipinski definition) is 2. The third-order valence-corrected chi connectivity index (χ3v) is 4.44. The van der Waals surface area contributed by atoms with Crippen LogP contribution in [0.3, 0.4) is 0 Å². The Kier molecular flexibility index (Phi) is 4.01. The second-order valence-electron chi connectivity index (χ2n) is 4.52. The Morgan fingerprint density at radius 3 is 2.30 bits per heavy atom. The lowest BCUT2D eigenvalue weighted by atomic mass is 10.2. The van der Waals surface area contributed by atoms with E-state index < -0.39 is 20.7 Å². The Morgan fingerprint density at radius 1 is 1.05 bits per heavy atom. The van der Waals surface area contributed by atoms with Crippen molar-refractivity contribution in [2.24, 2.45) is 0 Å². The summed E-state index contributed by atoms with van der Waals surface area (Å²) in [7, 11) is -4.01. The molecular weight excluding hydrogens is 301 g/mol. The van der Waals surface area contributed by atoms with Crippen LogP contribution in [-0.2, 0) is 10.0 Å². The quantitative estimate of drug-likeness (QED) is 0.934. The molecule has 106 valence electrons. The number of anilines is 1. The van der Waals surface area contributed by atoms with Gasteiger partial charge in [0, 0.05) is 0 Å². The molecular formula is C14H13ClFNO2S. The van der Waals surface area contributed by atoms with E-state index in [0.717, 1.165) is 11.6 Å². The molecule has 20 heavy (non-hydrogen) atoms. The highest BCUT2D eigenvalue weighted by Crippen LogP contribution is 2.26. The van der Waals surface area contributed by atoms with Crippen LogP contribution < -0.4 is 4.72 Å². The summed E-state index contributed by atoms with van der Waals surface area (Å²) in [6, 6.07) is 8.80. The number of halogens is 2. The first-order valence-corrected chi connectivity index (χ1v) is 7.71. The first kappa shape index (κ1) is 14.8. The smallest absolute Gasteiger partial charge is 0.264 e. The average Bonchev–Trinajstić information content (AvgIpc) is 2.35. The van der Waals surface area contributed by atoms with Crippen LogP contribution in [0.2, 0.25) is 5.02 Å². The van der Waals surface area contributed by atoms with Gasteiger partial charge in [0.1, 0.15) is 10.7 Å². The van der Waals surface area contributed by atoms with E-state index >= 15 is 0 Å². The maximum atomic E-state index is 13.7. The van der Waals surface area contributed by atoms with Crippen molar-refractivity contribution < 1.29 is 12.8 Å². The molecule has 0 saturated heterocycles. The Bertz CT molecular complexity index is 760. The zero-order chi connectivity index (χ0) is 14.9. The van der Waals surface area contributed by atoms with E-state index in [1.165, 1.54) is 12.1 Å². The maximum Gasteiger partial charge on any atom is 0.264 e. The molecule has 0 aromatic heterocycles. The number of benzene rings is 2. The van der Waals surface area contributed by atoms with E-state index in [0.29, 0.717) is 5.56 Å². The highest BCUT2D eigenvalue weighted by Gasteiger charge is 2.20. The van der Waals surface area contributed by atoms with Gasteiger partial charge in [-0.2, -0.15) is 0 Å². The molecule has 0 aliphatic rings. The van der Waals surface area contributed by atoms with Gasteiger partial charge in [0.25, 0.3) is 10.0 Å². The second kappa shape index (κ2) is 5.42. The zero-order valence-electron chi connectivity index (χ0n) is 10.9. The fraction of sp³-hybridized carbons (Fsp3) is 0.143. The minimum atomic E-state index is -4.01. The first-order chi connectivity index (χ1) is 9.29. The van der Waals surface area contributed by atoms with E-state index in [9.17, 15) is 12.8 Å². The largest absolute Gasteiger partial charge is 0.278 e. The van der Waals surface area contributed by atoms with E-state index in [4.69, 9.17) is 11.6 Å². The number of hydrogen-bond donors (Lipinski definition) is 1. The summed E-state index contributed by atoms with van der Waals surface area (Å²) in [5, 5.41) is 0.265. The molecule has 2 aromatic carbocycles. The van der Waals surface area contributed by atoms with Gasteiger partial charge in [0.05, 0.1) is 10.7 Å². The summed E-state index contributed by atoms with van der Waals surface area (Å²) in [6.07, 6.45) is 0. The average molecular weight is 314 g/mol. The molecule has 0 atom stereocenters. The van der Waals surface area contributed by atoms with Gasteiger partial charge in [-0.15, -0.1) is 0 Å². The lowest BCUT2D eigenvalue weighted by Crippen LogP contribution is -2.15. The summed E-state index contributed by atoms with van der Waals surface area (Å²) in [6.45, 7) is 3.53. The van der Waals surface area contributed by atoms with Gasteiger partial charge >= 0.3 is 0 Å². The Balaban J connectivity index is 2.43. The van der Waals surface area contributed by atoms with Crippen molar-refractivity contribution in [1.82, 2.24) is 0 Å². The van der Waals surface area contributed by atoms with E-state index in [1.54, 1.807) is 25.1 Å². The number of aryl methyl sites for hydroxylation is 2. The molecule has 0 heterocycles. The maximum absolute atomic E-state index is 13.7. The van der Waals surface area contributed by atoms with Crippen LogP contribution >= 0.6 is 11.6 Å². The highest BCUT2D eigenvalue weighted by molar-refractivity contribution is 7.92. The van der Waals surface area contributed by atoms with Crippen molar-refractivity contribution in [1.29, 1.82) is 0 Å². The lowest BCUT2D eigenvalue weighted by Gasteiger charge is -2.11. The summed E-state index contributed by atoms with van der Waals surface area (Å²) >= 11 is 5.97. The summed E-state index contributed by atoms with van der Waals surface area (Å²) in [4.78, 5) is -0.394. The minimum absolute atomic E-state index is 0.221. The molecule has 0 fully saturated rings. The van der Waals surface area contributed by atoms with Gasteiger partial charge in [-0.3, -0.25) is 4.72 Å². The van der Waals surface area contributed by atoms with Crippen molar-refractivity contribution in [3.8, 4) is 0 Å². The van der Waals surface area contributed by atoms with Crippen LogP contribution in [0.4, 0.5) is 10.1 Å². The van der Waals surface area contributed by atoms with Gasteiger partial charge in [-0.1, -0.05) is 23.7 Å². The molecule has 0 bridgehead atoms. The van der Waals surface area contributed by atoms with Gasteiger partial charge in [0.15, 0.2) is 0 Å². The fourth-order valence-electron chi connectivity index (χ4n) is 1.72. The molecule has 0 saturated carbocycles. The topological polar surface area (TPSA) is 46.2 Å². The van der Waals surface area contributed by atoms with Crippen LogP contribution in [0.1, 0.15) is 11.1 Å². The van der Waals surface area contributed by atoms with Crippen molar-refractivity contribution in [3.05, 3.63) is 58.4 Å². The van der Waals surface area contributed by atoms with Crippen molar-refractivity contribution in [3.63, 3.8) is 0 Å². The molecule has 0 amide bonds. The fourth-order valence-corrected chi connectivity index (χ4v) is 3.30. The van der Waals surface area contributed by atoms with Gasteiger partial charge in [-0.25, -0.2) is 12.8 Å². The van der Waals surface area contributed by atoms with Crippen molar-refractivity contribution in [2.45, 2.75) is 18.7 Å². The third-order valence-electron chi connectivity index (χ3n) is 2.75. The Hall–Kier alpha value is -1.59. The molecule has 0 spiro atoms. The monoisotopic (exact) mass is 313 g/mol. The molecule has 0 aliphatic carbocycles. The van der Waals surface area contributed by atoms with Crippen LogP contribution in [-0.4, -0.2) is 8.42 Å². The molecule has 0 unspecified atom stereocenters. The van der Waals surface area contributed by atoms with E-state index in [-0.39, 0.29) is 10.7 Å². The van der Waals surface area contributed by atoms with Gasteiger partial charge in [0.2, 0.25) is 0 Å². The first-order valence-electron chi connectivity index (χ1n) is 5.85.